The molecule has 2 aromatic heterocycles. The largest absolute Gasteiger partial charge is 0.478 e. The zero-order chi connectivity index (χ0) is 9.42. The van der Waals surface area contributed by atoms with E-state index in [0.29, 0.717) is 5.52 Å². The van der Waals surface area contributed by atoms with Gasteiger partial charge in [-0.15, -0.1) is 0 Å². The van der Waals surface area contributed by atoms with E-state index in [9.17, 15) is 4.79 Å². The Morgan fingerprint density at radius 1 is 1.54 bits per heavy atom. The van der Waals surface area contributed by atoms with Crippen LogP contribution in [-0.4, -0.2) is 20.7 Å². The number of pyridine rings is 1. The standard InChI is InChI=1S/C8H5ClN2O2/c9-7-6(8(12)13)5-3-1-2-4-11(5)10-7/h1-4H,(H,12,13). The van der Waals surface area contributed by atoms with E-state index in [1.165, 1.54) is 4.52 Å². The lowest BCUT2D eigenvalue weighted by Gasteiger charge is -1.91. The van der Waals surface area contributed by atoms with E-state index in [1.54, 1.807) is 24.4 Å². The van der Waals surface area contributed by atoms with Gasteiger partial charge in [-0.2, -0.15) is 5.10 Å². The van der Waals surface area contributed by atoms with Gasteiger partial charge in [-0.05, 0) is 12.1 Å². The lowest BCUT2D eigenvalue weighted by Crippen LogP contribution is -1.95. The van der Waals surface area contributed by atoms with Crippen molar-refractivity contribution in [3.63, 3.8) is 0 Å². The Balaban J connectivity index is 2.86. The maximum absolute atomic E-state index is 10.8. The summed E-state index contributed by atoms with van der Waals surface area (Å²) in [5.74, 6) is -1.06. The summed E-state index contributed by atoms with van der Waals surface area (Å²) in [5.41, 5.74) is 0.544. The van der Waals surface area contributed by atoms with Gasteiger partial charge in [0.25, 0.3) is 0 Å². The van der Waals surface area contributed by atoms with Gasteiger partial charge in [0.1, 0.15) is 5.56 Å². The van der Waals surface area contributed by atoms with Crippen LogP contribution in [-0.2, 0) is 0 Å². The van der Waals surface area contributed by atoms with Crippen LogP contribution in [0.3, 0.4) is 0 Å². The zero-order valence-corrected chi connectivity index (χ0v) is 7.19. The molecule has 0 saturated heterocycles. The Morgan fingerprint density at radius 3 is 3.00 bits per heavy atom. The van der Waals surface area contributed by atoms with Gasteiger partial charge >= 0.3 is 5.97 Å². The van der Waals surface area contributed by atoms with Crippen LogP contribution < -0.4 is 0 Å². The van der Waals surface area contributed by atoms with Gasteiger partial charge in [0.15, 0.2) is 5.15 Å². The quantitative estimate of drug-likeness (QED) is 0.755. The third-order valence-electron chi connectivity index (χ3n) is 1.71. The number of carboxylic acids is 1. The third-order valence-corrected chi connectivity index (χ3v) is 1.98. The molecular formula is C8H5ClN2O2. The molecule has 2 heterocycles. The SMILES string of the molecule is O=C(O)c1c(Cl)nn2ccccc12. The molecule has 5 heteroatoms. The van der Waals surface area contributed by atoms with Crippen molar-refractivity contribution < 1.29 is 9.90 Å². The minimum atomic E-state index is -1.06. The number of aromatic carboxylic acids is 1. The van der Waals surface area contributed by atoms with Gasteiger partial charge in [0.2, 0.25) is 0 Å². The summed E-state index contributed by atoms with van der Waals surface area (Å²) in [4.78, 5) is 10.8. The Kier molecular flexibility index (Phi) is 1.70. The average Bonchev–Trinajstić information content (AvgIpc) is 2.39. The number of rotatable bonds is 1. The average molecular weight is 197 g/mol. The van der Waals surface area contributed by atoms with E-state index in [-0.39, 0.29) is 10.7 Å². The summed E-state index contributed by atoms with van der Waals surface area (Å²) in [5, 5.41) is 12.7. The number of carboxylic acid groups (broad SMARTS) is 1. The minimum Gasteiger partial charge on any atom is -0.478 e. The molecule has 13 heavy (non-hydrogen) atoms. The topological polar surface area (TPSA) is 54.6 Å². The molecule has 0 bridgehead atoms. The minimum absolute atomic E-state index is 0.0127. The van der Waals surface area contributed by atoms with Gasteiger partial charge in [-0.1, -0.05) is 17.7 Å². The molecule has 0 fully saturated rings. The van der Waals surface area contributed by atoms with Crippen LogP contribution in [0, 0.1) is 0 Å². The summed E-state index contributed by atoms with van der Waals surface area (Å²) in [7, 11) is 0. The van der Waals surface area contributed by atoms with Crippen molar-refractivity contribution in [2.45, 2.75) is 0 Å². The predicted octanol–water partition coefficient (Wildman–Crippen LogP) is 1.69. The molecule has 0 aromatic carbocycles. The predicted molar refractivity (Wildman–Crippen MR) is 47.2 cm³/mol. The van der Waals surface area contributed by atoms with Crippen LogP contribution in [0.5, 0.6) is 0 Å². The van der Waals surface area contributed by atoms with E-state index in [4.69, 9.17) is 16.7 Å². The van der Waals surface area contributed by atoms with Crippen molar-refractivity contribution >= 4 is 23.1 Å². The van der Waals surface area contributed by atoms with Crippen LogP contribution in [0.2, 0.25) is 5.15 Å². The highest BCUT2D eigenvalue weighted by molar-refractivity contribution is 6.33. The van der Waals surface area contributed by atoms with Gasteiger partial charge in [-0.3, -0.25) is 0 Å². The number of nitrogens with zero attached hydrogens (tertiary/aromatic N) is 2. The number of aromatic nitrogens is 2. The Bertz CT molecular complexity index is 478. The number of halogens is 1. The molecule has 0 aliphatic carbocycles. The number of hydrogen-bond acceptors (Lipinski definition) is 2. The maximum Gasteiger partial charge on any atom is 0.341 e. The molecule has 0 radical (unpaired) electrons. The van der Waals surface area contributed by atoms with Crippen molar-refractivity contribution in [3.8, 4) is 0 Å². The molecule has 2 rings (SSSR count). The first-order valence-electron chi connectivity index (χ1n) is 3.56. The second kappa shape index (κ2) is 2.74. The van der Waals surface area contributed by atoms with Crippen molar-refractivity contribution in [1.82, 2.24) is 9.61 Å². The van der Waals surface area contributed by atoms with E-state index in [1.807, 2.05) is 0 Å². The maximum atomic E-state index is 10.8. The molecule has 0 spiro atoms. The van der Waals surface area contributed by atoms with Crippen LogP contribution in [0.25, 0.3) is 5.52 Å². The zero-order valence-electron chi connectivity index (χ0n) is 6.44. The van der Waals surface area contributed by atoms with Crippen molar-refractivity contribution in [1.29, 1.82) is 0 Å². The monoisotopic (exact) mass is 196 g/mol. The Hall–Kier alpha value is -1.55. The van der Waals surface area contributed by atoms with E-state index >= 15 is 0 Å². The smallest absolute Gasteiger partial charge is 0.341 e. The number of carbonyl (C=O) groups is 1. The lowest BCUT2D eigenvalue weighted by molar-refractivity contribution is 0.0699. The van der Waals surface area contributed by atoms with Crippen molar-refractivity contribution in [2.24, 2.45) is 0 Å². The van der Waals surface area contributed by atoms with Crippen molar-refractivity contribution in [2.75, 3.05) is 0 Å². The Labute approximate surface area is 78.4 Å². The molecule has 0 saturated carbocycles. The molecule has 0 aliphatic heterocycles. The van der Waals surface area contributed by atoms with Crippen LogP contribution in [0.15, 0.2) is 24.4 Å². The highest BCUT2D eigenvalue weighted by Gasteiger charge is 2.16. The molecule has 66 valence electrons. The summed E-state index contributed by atoms with van der Waals surface area (Å²) in [6.45, 7) is 0. The molecule has 2 aromatic rings. The van der Waals surface area contributed by atoms with Crippen molar-refractivity contribution in [3.05, 3.63) is 35.1 Å². The van der Waals surface area contributed by atoms with Gasteiger partial charge in [0, 0.05) is 6.20 Å². The fraction of sp³-hybridized carbons (Fsp3) is 0. The fourth-order valence-electron chi connectivity index (χ4n) is 1.17. The summed E-state index contributed by atoms with van der Waals surface area (Å²) in [6.07, 6.45) is 1.65. The molecular weight excluding hydrogens is 192 g/mol. The molecule has 0 amide bonds. The lowest BCUT2D eigenvalue weighted by atomic mass is 10.3. The number of fused-ring (bicyclic) bond motifs is 1. The van der Waals surface area contributed by atoms with Crippen LogP contribution >= 0.6 is 11.6 Å². The summed E-state index contributed by atoms with van der Waals surface area (Å²) in [6, 6.07) is 5.14. The van der Waals surface area contributed by atoms with Crippen LogP contribution in [0.1, 0.15) is 10.4 Å². The van der Waals surface area contributed by atoms with Gasteiger partial charge < -0.3 is 5.11 Å². The number of hydrogen-bond donors (Lipinski definition) is 1. The van der Waals surface area contributed by atoms with E-state index in [0.717, 1.165) is 0 Å². The first-order chi connectivity index (χ1) is 6.20. The second-order valence-corrected chi connectivity index (χ2v) is 2.86. The highest BCUT2D eigenvalue weighted by Crippen LogP contribution is 2.19. The first-order valence-corrected chi connectivity index (χ1v) is 3.94. The van der Waals surface area contributed by atoms with E-state index in [2.05, 4.69) is 5.10 Å². The molecule has 0 unspecified atom stereocenters. The summed E-state index contributed by atoms with van der Waals surface area (Å²) >= 11 is 5.65. The summed E-state index contributed by atoms with van der Waals surface area (Å²) < 4.78 is 1.44. The highest BCUT2D eigenvalue weighted by atomic mass is 35.5. The first kappa shape index (κ1) is 8.07. The third kappa shape index (κ3) is 1.15. The molecule has 0 aliphatic rings. The Morgan fingerprint density at radius 2 is 2.31 bits per heavy atom. The van der Waals surface area contributed by atoms with Gasteiger partial charge in [0.05, 0.1) is 5.52 Å². The fourth-order valence-corrected chi connectivity index (χ4v) is 1.43. The molecule has 1 N–H and O–H groups in total. The molecule has 0 atom stereocenters. The molecule has 4 nitrogen and oxygen atoms in total. The van der Waals surface area contributed by atoms with Gasteiger partial charge in [-0.25, -0.2) is 9.31 Å². The normalized spacial score (nSPS) is 10.5. The van der Waals surface area contributed by atoms with Crippen LogP contribution in [0.4, 0.5) is 0 Å². The second-order valence-electron chi connectivity index (χ2n) is 2.50. The van der Waals surface area contributed by atoms with E-state index < -0.39 is 5.97 Å².